The highest BCUT2D eigenvalue weighted by molar-refractivity contribution is 5.66. The Morgan fingerprint density at radius 3 is 2.71 bits per heavy atom. The van der Waals surface area contributed by atoms with E-state index in [2.05, 4.69) is 0 Å². The summed E-state index contributed by atoms with van der Waals surface area (Å²) < 4.78 is 5.13. The maximum absolute atomic E-state index is 11.5. The smallest absolute Gasteiger partial charge is 0.434 e. The molecule has 0 aromatic rings. The van der Waals surface area contributed by atoms with Gasteiger partial charge in [0.25, 0.3) is 0 Å². The van der Waals surface area contributed by atoms with Crippen LogP contribution in [0.15, 0.2) is 0 Å². The largest absolute Gasteiger partial charge is 0.442 e. The third kappa shape index (κ3) is 3.51. The summed E-state index contributed by atoms with van der Waals surface area (Å²) in [7, 11) is 0. The molecule has 1 rings (SSSR count). The lowest BCUT2D eigenvalue weighted by Crippen LogP contribution is -2.47. The SMILES string of the molecule is CC(C)(C)OC(=O)N1CC(N)CCO1. The molecule has 1 saturated heterocycles. The molecular weight excluding hydrogens is 184 g/mol. The molecule has 1 aliphatic rings. The van der Waals surface area contributed by atoms with Crippen molar-refractivity contribution in [3.8, 4) is 0 Å². The maximum atomic E-state index is 11.5. The Bertz CT molecular complexity index is 213. The molecule has 1 fully saturated rings. The molecule has 1 atom stereocenters. The molecule has 0 aliphatic carbocycles. The van der Waals surface area contributed by atoms with Gasteiger partial charge in [-0.2, -0.15) is 5.06 Å². The Balaban J connectivity index is 2.44. The Kier molecular flexibility index (Phi) is 3.34. The maximum Gasteiger partial charge on any atom is 0.434 e. The number of nitrogens with two attached hydrogens (primary N) is 1. The van der Waals surface area contributed by atoms with Crippen molar-refractivity contribution in [3.05, 3.63) is 0 Å². The highest BCUT2D eigenvalue weighted by Crippen LogP contribution is 2.13. The van der Waals surface area contributed by atoms with E-state index in [1.165, 1.54) is 5.06 Å². The molecule has 0 aromatic heterocycles. The molecular formula is C9H18N2O3. The van der Waals surface area contributed by atoms with Gasteiger partial charge in [-0.3, -0.25) is 4.84 Å². The molecule has 1 amide bonds. The van der Waals surface area contributed by atoms with Gasteiger partial charge in [0, 0.05) is 6.04 Å². The summed E-state index contributed by atoms with van der Waals surface area (Å²) in [6.45, 7) is 6.31. The summed E-state index contributed by atoms with van der Waals surface area (Å²) in [5.41, 5.74) is 5.20. The zero-order valence-electron chi connectivity index (χ0n) is 8.95. The molecule has 1 heterocycles. The van der Waals surface area contributed by atoms with E-state index in [1.54, 1.807) is 0 Å². The van der Waals surface area contributed by atoms with E-state index in [9.17, 15) is 4.79 Å². The second kappa shape index (κ2) is 4.14. The fourth-order valence-electron chi connectivity index (χ4n) is 1.11. The lowest BCUT2D eigenvalue weighted by molar-refractivity contribution is -0.169. The number of nitrogens with zero attached hydrogens (tertiary/aromatic N) is 1. The van der Waals surface area contributed by atoms with Crippen molar-refractivity contribution in [2.45, 2.75) is 38.8 Å². The average molecular weight is 202 g/mol. The standard InChI is InChI=1S/C9H18N2O3/c1-9(2,3)14-8(12)11-6-7(10)4-5-13-11/h7H,4-6,10H2,1-3H3. The van der Waals surface area contributed by atoms with Crippen LogP contribution in [0.5, 0.6) is 0 Å². The molecule has 0 bridgehead atoms. The predicted molar refractivity (Wildman–Crippen MR) is 51.5 cm³/mol. The number of rotatable bonds is 0. The van der Waals surface area contributed by atoms with Crippen molar-refractivity contribution >= 4 is 6.09 Å². The molecule has 5 nitrogen and oxygen atoms in total. The minimum Gasteiger partial charge on any atom is -0.442 e. The number of carbonyl (C=O) groups is 1. The van der Waals surface area contributed by atoms with Crippen molar-refractivity contribution in [2.75, 3.05) is 13.2 Å². The minimum atomic E-state index is -0.498. The van der Waals surface area contributed by atoms with Crippen molar-refractivity contribution in [1.29, 1.82) is 0 Å². The first-order chi connectivity index (χ1) is 6.38. The number of hydrogen-bond acceptors (Lipinski definition) is 4. The quantitative estimate of drug-likeness (QED) is 0.633. The van der Waals surface area contributed by atoms with Crippen LogP contribution in [0, 0.1) is 0 Å². The molecule has 0 saturated carbocycles. The van der Waals surface area contributed by atoms with Gasteiger partial charge < -0.3 is 10.5 Å². The van der Waals surface area contributed by atoms with E-state index in [4.69, 9.17) is 15.3 Å². The van der Waals surface area contributed by atoms with Gasteiger partial charge in [-0.05, 0) is 27.2 Å². The molecule has 0 radical (unpaired) electrons. The third-order valence-electron chi connectivity index (χ3n) is 1.73. The second-order valence-corrected chi connectivity index (χ2v) is 4.42. The Morgan fingerprint density at radius 2 is 2.21 bits per heavy atom. The van der Waals surface area contributed by atoms with E-state index >= 15 is 0 Å². The van der Waals surface area contributed by atoms with Crippen LogP contribution in [0.2, 0.25) is 0 Å². The molecule has 5 heteroatoms. The number of hydroxylamine groups is 2. The van der Waals surface area contributed by atoms with Crippen molar-refractivity contribution in [2.24, 2.45) is 5.73 Å². The first kappa shape index (κ1) is 11.3. The number of carbonyl (C=O) groups excluding carboxylic acids is 1. The van der Waals surface area contributed by atoms with Crippen LogP contribution < -0.4 is 5.73 Å². The van der Waals surface area contributed by atoms with Gasteiger partial charge in [0.05, 0.1) is 13.2 Å². The van der Waals surface area contributed by atoms with Crippen LogP contribution in [-0.2, 0) is 9.57 Å². The lowest BCUT2D eigenvalue weighted by atomic mass is 10.2. The molecule has 1 aliphatic heterocycles. The zero-order valence-corrected chi connectivity index (χ0v) is 8.95. The number of amides is 1. The van der Waals surface area contributed by atoms with Crippen LogP contribution in [0.3, 0.4) is 0 Å². The van der Waals surface area contributed by atoms with Crippen LogP contribution in [-0.4, -0.2) is 36.0 Å². The van der Waals surface area contributed by atoms with Crippen LogP contribution in [0.4, 0.5) is 4.79 Å². The lowest BCUT2D eigenvalue weighted by Gasteiger charge is -2.31. The fourth-order valence-corrected chi connectivity index (χ4v) is 1.11. The van der Waals surface area contributed by atoms with Crippen LogP contribution >= 0.6 is 0 Å². The summed E-state index contributed by atoms with van der Waals surface area (Å²) in [5, 5.41) is 1.19. The van der Waals surface area contributed by atoms with Crippen LogP contribution in [0.1, 0.15) is 27.2 Å². The average Bonchev–Trinajstić information content (AvgIpc) is 2.01. The first-order valence-electron chi connectivity index (χ1n) is 4.77. The first-order valence-corrected chi connectivity index (χ1v) is 4.77. The van der Waals surface area contributed by atoms with Gasteiger partial charge in [-0.1, -0.05) is 0 Å². The van der Waals surface area contributed by atoms with Gasteiger partial charge in [-0.25, -0.2) is 4.79 Å². The van der Waals surface area contributed by atoms with Crippen molar-refractivity contribution in [3.63, 3.8) is 0 Å². The molecule has 14 heavy (non-hydrogen) atoms. The zero-order chi connectivity index (χ0) is 10.8. The number of ether oxygens (including phenoxy) is 1. The van der Waals surface area contributed by atoms with Gasteiger partial charge in [0.2, 0.25) is 0 Å². The molecule has 82 valence electrons. The monoisotopic (exact) mass is 202 g/mol. The number of hydrogen-bond donors (Lipinski definition) is 1. The summed E-state index contributed by atoms with van der Waals surface area (Å²) in [5.74, 6) is 0. The topological polar surface area (TPSA) is 64.8 Å². The van der Waals surface area contributed by atoms with Crippen LogP contribution in [0.25, 0.3) is 0 Å². The van der Waals surface area contributed by atoms with E-state index in [0.29, 0.717) is 13.2 Å². The van der Waals surface area contributed by atoms with Gasteiger partial charge in [0.15, 0.2) is 0 Å². The molecule has 2 N–H and O–H groups in total. The molecule has 0 spiro atoms. The Morgan fingerprint density at radius 1 is 1.57 bits per heavy atom. The normalized spacial score (nSPS) is 23.4. The van der Waals surface area contributed by atoms with E-state index in [-0.39, 0.29) is 6.04 Å². The fraction of sp³-hybridized carbons (Fsp3) is 0.889. The van der Waals surface area contributed by atoms with Crippen molar-refractivity contribution in [1.82, 2.24) is 5.06 Å². The summed E-state index contributed by atoms with van der Waals surface area (Å²) in [6, 6.07) is -0.0173. The van der Waals surface area contributed by atoms with Gasteiger partial charge in [0.1, 0.15) is 5.60 Å². The van der Waals surface area contributed by atoms with E-state index < -0.39 is 11.7 Å². The minimum absolute atomic E-state index is 0.0173. The van der Waals surface area contributed by atoms with E-state index in [1.807, 2.05) is 20.8 Å². The Hall–Kier alpha value is -0.810. The molecule has 1 unspecified atom stereocenters. The second-order valence-electron chi connectivity index (χ2n) is 4.42. The van der Waals surface area contributed by atoms with E-state index in [0.717, 1.165) is 6.42 Å². The summed E-state index contributed by atoms with van der Waals surface area (Å²) in [4.78, 5) is 16.6. The van der Waals surface area contributed by atoms with Crippen molar-refractivity contribution < 1.29 is 14.4 Å². The summed E-state index contributed by atoms with van der Waals surface area (Å²) in [6.07, 6.45) is 0.312. The molecule has 0 aromatic carbocycles. The highest BCUT2D eigenvalue weighted by Gasteiger charge is 2.27. The Labute approximate surface area is 84.1 Å². The van der Waals surface area contributed by atoms with Gasteiger partial charge in [-0.15, -0.1) is 0 Å². The van der Waals surface area contributed by atoms with Gasteiger partial charge >= 0.3 is 6.09 Å². The third-order valence-corrected chi connectivity index (χ3v) is 1.73. The highest BCUT2D eigenvalue weighted by atomic mass is 16.7. The predicted octanol–water partition coefficient (Wildman–Crippen LogP) is 0.886. The summed E-state index contributed by atoms with van der Waals surface area (Å²) >= 11 is 0.